The van der Waals surface area contributed by atoms with E-state index in [2.05, 4.69) is 42.4 Å². The molecule has 0 unspecified atom stereocenters. The van der Waals surface area contributed by atoms with E-state index in [0.717, 1.165) is 57.3 Å². The van der Waals surface area contributed by atoms with E-state index in [9.17, 15) is 4.79 Å². The summed E-state index contributed by atoms with van der Waals surface area (Å²) in [7, 11) is 0. The molecule has 1 aromatic carbocycles. The number of amides is 1. The lowest BCUT2D eigenvalue weighted by atomic mass is 9.84. The zero-order valence-electron chi connectivity index (χ0n) is 21.8. The van der Waals surface area contributed by atoms with E-state index in [-0.39, 0.29) is 11.4 Å². The molecule has 38 heavy (non-hydrogen) atoms. The number of hydrogen-bond donors (Lipinski definition) is 0. The quantitative estimate of drug-likeness (QED) is 0.479. The Hall–Kier alpha value is -2.88. The number of tetrazole rings is 1. The zero-order chi connectivity index (χ0) is 26.0. The largest absolute Gasteiger partial charge is 0.337 e. The highest BCUT2D eigenvalue weighted by molar-refractivity contribution is 6.30. The Morgan fingerprint density at radius 2 is 1.76 bits per heavy atom. The average Bonchev–Trinajstić information content (AvgIpc) is 3.25. The highest BCUT2D eigenvalue weighted by Gasteiger charge is 2.47. The van der Waals surface area contributed by atoms with Gasteiger partial charge >= 0.3 is 0 Å². The molecule has 2 saturated heterocycles. The van der Waals surface area contributed by atoms with Crippen LogP contribution < -0.4 is 0 Å². The van der Waals surface area contributed by atoms with Gasteiger partial charge in [0.15, 0.2) is 5.82 Å². The fraction of sp³-hybridized carbons (Fsp3) is 0.536. The molecule has 10 heteroatoms. The standard InChI is InChI=1S/C28H35ClN8O/c29-23-10-11-25(30-20-23)26(38)35-16-12-28(13-17-35,36-15-5-14-34(18-19-36)24-8-4-9-24)27-31-32-33-37(27)21-22-6-2-1-3-7-22/h1-3,6-7,10-11,20,24H,4-5,8-9,12-19,21H2. The summed E-state index contributed by atoms with van der Waals surface area (Å²) >= 11 is 5.99. The minimum Gasteiger partial charge on any atom is -0.337 e. The van der Waals surface area contributed by atoms with E-state index in [1.54, 1.807) is 12.1 Å². The van der Waals surface area contributed by atoms with Crippen molar-refractivity contribution in [3.05, 3.63) is 70.8 Å². The van der Waals surface area contributed by atoms with Crippen LogP contribution in [0, 0.1) is 0 Å². The number of rotatable bonds is 6. The van der Waals surface area contributed by atoms with Gasteiger partial charge in [0.05, 0.1) is 17.1 Å². The molecule has 1 amide bonds. The fourth-order valence-electron chi connectivity index (χ4n) is 6.31. The molecule has 2 aliphatic heterocycles. The van der Waals surface area contributed by atoms with Gasteiger partial charge in [-0.1, -0.05) is 48.4 Å². The van der Waals surface area contributed by atoms with Gasteiger partial charge in [0.25, 0.3) is 5.91 Å². The van der Waals surface area contributed by atoms with Crippen LogP contribution in [0.1, 0.15) is 60.4 Å². The van der Waals surface area contributed by atoms with Crippen molar-refractivity contribution in [2.24, 2.45) is 0 Å². The predicted octanol–water partition coefficient (Wildman–Crippen LogP) is 3.46. The van der Waals surface area contributed by atoms with Crippen LogP contribution >= 0.6 is 11.6 Å². The molecule has 1 saturated carbocycles. The van der Waals surface area contributed by atoms with Crippen molar-refractivity contribution < 1.29 is 4.79 Å². The van der Waals surface area contributed by atoms with Gasteiger partial charge in [0.2, 0.25) is 0 Å². The Labute approximate surface area is 228 Å². The Balaban J connectivity index is 1.26. The SMILES string of the molecule is O=C(c1ccc(Cl)cn1)N1CCC(c2nnnn2Cc2ccccc2)(N2CCCN(C3CCC3)CC2)CC1. The summed E-state index contributed by atoms with van der Waals surface area (Å²) in [5.74, 6) is 0.862. The Kier molecular flexibility index (Phi) is 7.41. The number of carbonyl (C=O) groups excluding carboxylic acids is 1. The van der Waals surface area contributed by atoms with Crippen LogP contribution in [-0.2, 0) is 12.1 Å². The van der Waals surface area contributed by atoms with Crippen molar-refractivity contribution >= 4 is 17.5 Å². The molecule has 0 atom stereocenters. The van der Waals surface area contributed by atoms with Crippen molar-refractivity contribution in [3.8, 4) is 0 Å². The van der Waals surface area contributed by atoms with Crippen LogP contribution in [0.15, 0.2) is 48.7 Å². The molecule has 4 heterocycles. The summed E-state index contributed by atoms with van der Waals surface area (Å²) in [5.41, 5.74) is 1.28. The first kappa shape index (κ1) is 25.4. The summed E-state index contributed by atoms with van der Waals surface area (Å²) in [6.07, 6.45) is 8.25. The molecular weight excluding hydrogens is 500 g/mol. The minimum atomic E-state index is -0.321. The van der Waals surface area contributed by atoms with E-state index in [0.29, 0.717) is 30.4 Å². The van der Waals surface area contributed by atoms with Gasteiger partial charge in [-0.15, -0.1) is 5.10 Å². The lowest BCUT2D eigenvalue weighted by Gasteiger charge is -2.47. The highest BCUT2D eigenvalue weighted by Crippen LogP contribution is 2.39. The first-order valence-electron chi connectivity index (χ1n) is 13.8. The molecule has 0 N–H and O–H groups in total. The summed E-state index contributed by atoms with van der Waals surface area (Å²) in [5, 5.41) is 13.8. The molecule has 3 aromatic rings. The van der Waals surface area contributed by atoms with Gasteiger partial charge in [-0.3, -0.25) is 14.6 Å². The Bertz CT molecular complexity index is 1220. The van der Waals surface area contributed by atoms with Gasteiger partial charge in [0, 0.05) is 45.0 Å². The Morgan fingerprint density at radius 1 is 0.947 bits per heavy atom. The Morgan fingerprint density at radius 3 is 2.47 bits per heavy atom. The van der Waals surface area contributed by atoms with E-state index < -0.39 is 0 Å². The molecule has 6 rings (SSSR count). The molecule has 0 radical (unpaired) electrons. The molecule has 1 aliphatic carbocycles. The number of nitrogens with zero attached hydrogens (tertiary/aromatic N) is 8. The van der Waals surface area contributed by atoms with Crippen LogP contribution in [0.2, 0.25) is 5.02 Å². The number of pyridine rings is 1. The predicted molar refractivity (Wildman–Crippen MR) is 145 cm³/mol. The fourth-order valence-corrected chi connectivity index (χ4v) is 6.42. The van der Waals surface area contributed by atoms with Crippen LogP contribution in [0.4, 0.5) is 0 Å². The summed E-state index contributed by atoms with van der Waals surface area (Å²) in [6.45, 7) is 6.11. The second-order valence-electron chi connectivity index (χ2n) is 10.8. The molecule has 3 aliphatic rings. The lowest BCUT2D eigenvalue weighted by molar-refractivity contribution is 0.00895. The van der Waals surface area contributed by atoms with Crippen molar-refractivity contribution in [3.63, 3.8) is 0 Å². The molecule has 0 bridgehead atoms. The normalized spacial score (nSPS) is 21.1. The topological polar surface area (TPSA) is 83.3 Å². The third-order valence-corrected chi connectivity index (χ3v) is 8.90. The summed E-state index contributed by atoms with van der Waals surface area (Å²) in [4.78, 5) is 24.8. The van der Waals surface area contributed by atoms with Gasteiger partial charge < -0.3 is 4.90 Å². The van der Waals surface area contributed by atoms with Crippen molar-refractivity contribution in [1.29, 1.82) is 0 Å². The molecular formula is C28H35ClN8O. The van der Waals surface area contributed by atoms with Crippen LogP contribution in [0.5, 0.6) is 0 Å². The second-order valence-corrected chi connectivity index (χ2v) is 11.2. The average molecular weight is 535 g/mol. The third-order valence-electron chi connectivity index (χ3n) is 8.67. The van der Waals surface area contributed by atoms with Gasteiger partial charge in [0.1, 0.15) is 5.69 Å². The third kappa shape index (κ3) is 5.07. The zero-order valence-corrected chi connectivity index (χ0v) is 22.5. The first-order valence-corrected chi connectivity index (χ1v) is 14.2. The number of halogens is 1. The second kappa shape index (κ2) is 11.1. The lowest BCUT2D eigenvalue weighted by Crippen LogP contribution is -2.56. The highest BCUT2D eigenvalue weighted by atomic mass is 35.5. The van der Waals surface area contributed by atoms with Crippen LogP contribution in [0.3, 0.4) is 0 Å². The van der Waals surface area contributed by atoms with Crippen LogP contribution in [0.25, 0.3) is 0 Å². The smallest absolute Gasteiger partial charge is 0.272 e. The number of carbonyl (C=O) groups is 1. The maximum absolute atomic E-state index is 13.3. The maximum atomic E-state index is 13.3. The summed E-state index contributed by atoms with van der Waals surface area (Å²) in [6, 6.07) is 14.5. The number of likely N-dealkylation sites (tertiary alicyclic amines) is 1. The van der Waals surface area contributed by atoms with E-state index in [1.165, 1.54) is 31.0 Å². The van der Waals surface area contributed by atoms with Crippen molar-refractivity contribution in [2.45, 2.75) is 56.7 Å². The monoisotopic (exact) mass is 534 g/mol. The van der Waals surface area contributed by atoms with E-state index in [4.69, 9.17) is 11.6 Å². The minimum absolute atomic E-state index is 0.0498. The molecule has 200 valence electrons. The molecule has 0 spiro atoms. The summed E-state index contributed by atoms with van der Waals surface area (Å²) < 4.78 is 1.97. The van der Waals surface area contributed by atoms with Crippen molar-refractivity contribution in [2.75, 3.05) is 39.3 Å². The number of benzene rings is 1. The maximum Gasteiger partial charge on any atom is 0.272 e. The van der Waals surface area contributed by atoms with E-state index in [1.807, 2.05) is 27.8 Å². The van der Waals surface area contributed by atoms with E-state index >= 15 is 0 Å². The van der Waals surface area contributed by atoms with Gasteiger partial charge in [-0.25, -0.2) is 9.67 Å². The number of aromatic nitrogens is 5. The number of hydrogen-bond acceptors (Lipinski definition) is 7. The first-order chi connectivity index (χ1) is 18.6. The van der Waals surface area contributed by atoms with Gasteiger partial charge in [-0.05, 0) is 66.8 Å². The molecule has 9 nitrogen and oxygen atoms in total. The number of piperidine rings is 1. The van der Waals surface area contributed by atoms with Gasteiger partial charge in [-0.2, -0.15) is 0 Å². The van der Waals surface area contributed by atoms with Crippen LogP contribution in [-0.4, -0.2) is 91.1 Å². The van der Waals surface area contributed by atoms with Crippen molar-refractivity contribution in [1.82, 2.24) is 39.9 Å². The molecule has 2 aromatic heterocycles. The molecule has 3 fully saturated rings.